The third kappa shape index (κ3) is 43.1. The van der Waals surface area contributed by atoms with Gasteiger partial charge in [-0.1, -0.05) is 219 Å². The van der Waals surface area contributed by atoms with Crippen LogP contribution in [-0.4, -0.2) is 37.2 Å². The lowest BCUT2D eigenvalue weighted by Gasteiger charge is -2.18. The zero-order chi connectivity index (χ0) is 40.1. The molecule has 0 radical (unpaired) electrons. The van der Waals surface area contributed by atoms with E-state index in [-0.39, 0.29) is 31.1 Å². The van der Waals surface area contributed by atoms with Crippen molar-refractivity contribution in [3.8, 4) is 0 Å². The van der Waals surface area contributed by atoms with Gasteiger partial charge in [-0.2, -0.15) is 0 Å². The van der Waals surface area contributed by atoms with Gasteiger partial charge in [0, 0.05) is 19.3 Å². The van der Waals surface area contributed by atoms with E-state index >= 15 is 0 Å². The van der Waals surface area contributed by atoms with Crippen LogP contribution >= 0.6 is 0 Å². The van der Waals surface area contributed by atoms with Crippen molar-refractivity contribution in [3.05, 3.63) is 12.2 Å². The Morgan fingerprint density at radius 3 is 0.982 bits per heavy atom. The Labute approximate surface area is 341 Å². The molecule has 0 N–H and O–H groups in total. The molecule has 6 nitrogen and oxygen atoms in total. The van der Waals surface area contributed by atoms with Crippen LogP contribution < -0.4 is 0 Å². The number of carbonyl (C=O) groups excluding carboxylic acids is 3. The van der Waals surface area contributed by atoms with Crippen molar-refractivity contribution < 1.29 is 28.6 Å². The van der Waals surface area contributed by atoms with E-state index in [0.29, 0.717) is 19.3 Å². The molecule has 324 valence electrons. The lowest BCUT2D eigenvalue weighted by molar-refractivity contribution is -0.167. The topological polar surface area (TPSA) is 78.9 Å². The van der Waals surface area contributed by atoms with E-state index in [1.165, 1.54) is 141 Å². The number of ether oxygens (including phenoxy) is 3. The third-order valence-corrected chi connectivity index (χ3v) is 10.8. The minimum absolute atomic E-state index is 0.0702. The fourth-order valence-electron chi connectivity index (χ4n) is 7.09. The van der Waals surface area contributed by atoms with Crippen LogP contribution in [0.3, 0.4) is 0 Å². The molecule has 0 aliphatic rings. The molecule has 6 heteroatoms. The first kappa shape index (κ1) is 53.1. The summed E-state index contributed by atoms with van der Waals surface area (Å²) < 4.78 is 16.6. The van der Waals surface area contributed by atoms with E-state index < -0.39 is 6.10 Å². The maximum atomic E-state index is 12.6. The summed E-state index contributed by atoms with van der Waals surface area (Å²) in [6.07, 6.45) is 48.2. The second-order valence-electron chi connectivity index (χ2n) is 16.4. The molecule has 1 unspecified atom stereocenters. The van der Waals surface area contributed by atoms with Gasteiger partial charge in [0.25, 0.3) is 0 Å². The summed E-state index contributed by atoms with van der Waals surface area (Å²) in [6, 6.07) is 0. The fraction of sp³-hybridized carbons (Fsp3) is 0.898. The number of allylic oxidation sites excluding steroid dienone is 2. The molecular weight excluding hydrogens is 685 g/mol. The summed E-state index contributed by atoms with van der Waals surface area (Å²) in [4.78, 5) is 37.4. The highest BCUT2D eigenvalue weighted by Gasteiger charge is 2.19. The Kier molecular flexibility index (Phi) is 43.4. The molecule has 0 rings (SSSR count). The van der Waals surface area contributed by atoms with Gasteiger partial charge in [-0.3, -0.25) is 14.4 Å². The number of hydrogen-bond acceptors (Lipinski definition) is 6. The molecule has 0 aromatic heterocycles. The van der Waals surface area contributed by atoms with Crippen molar-refractivity contribution in [2.75, 3.05) is 13.2 Å². The monoisotopic (exact) mass is 777 g/mol. The normalized spacial score (nSPS) is 12.0. The standard InChI is InChI=1S/C49H92O6/c1-4-7-10-13-15-17-19-20-21-22-23-24-25-26-27-28-29-30-32-33-36-39-42-48(51)54-45-46(44-53-47(50)41-38-35-12-9-6-3)55-49(52)43-40-37-34-31-18-16-14-11-8-5-2/h11,14,46H,4-10,12-13,15-45H2,1-3H3/b14-11-. The largest absolute Gasteiger partial charge is 0.462 e. The summed E-state index contributed by atoms with van der Waals surface area (Å²) in [7, 11) is 0. The first-order valence-corrected chi connectivity index (χ1v) is 24.2. The number of carbonyl (C=O) groups is 3. The summed E-state index contributed by atoms with van der Waals surface area (Å²) >= 11 is 0. The second-order valence-corrected chi connectivity index (χ2v) is 16.4. The Balaban J connectivity index is 4.02. The minimum atomic E-state index is -0.764. The second kappa shape index (κ2) is 44.9. The van der Waals surface area contributed by atoms with Gasteiger partial charge >= 0.3 is 17.9 Å². The van der Waals surface area contributed by atoms with E-state index in [2.05, 4.69) is 32.9 Å². The molecule has 0 aliphatic carbocycles. The molecule has 55 heavy (non-hydrogen) atoms. The SMILES string of the molecule is CCC/C=C\CCCCCCCC(=O)OC(COC(=O)CCCCCCC)COC(=O)CCCCCCCCCCCCCCCCCCCCCCCC. The van der Waals surface area contributed by atoms with Crippen LogP contribution in [0.2, 0.25) is 0 Å². The van der Waals surface area contributed by atoms with E-state index in [0.717, 1.165) is 83.5 Å². The molecule has 0 aromatic rings. The van der Waals surface area contributed by atoms with Crippen LogP contribution in [0.1, 0.15) is 265 Å². The van der Waals surface area contributed by atoms with Gasteiger partial charge in [-0.05, 0) is 38.5 Å². The summed E-state index contributed by atoms with van der Waals surface area (Å²) in [5.74, 6) is -0.886. The Morgan fingerprint density at radius 2 is 0.636 bits per heavy atom. The highest BCUT2D eigenvalue weighted by atomic mass is 16.6. The molecule has 0 aromatic carbocycles. The van der Waals surface area contributed by atoms with Crippen molar-refractivity contribution in [3.63, 3.8) is 0 Å². The van der Waals surface area contributed by atoms with Crippen molar-refractivity contribution in [2.45, 2.75) is 271 Å². The van der Waals surface area contributed by atoms with E-state index in [9.17, 15) is 14.4 Å². The van der Waals surface area contributed by atoms with Crippen molar-refractivity contribution in [1.82, 2.24) is 0 Å². The number of esters is 3. The zero-order valence-corrected chi connectivity index (χ0v) is 37.0. The van der Waals surface area contributed by atoms with Gasteiger partial charge in [0.2, 0.25) is 0 Å². The van der Waals surface area contributed by atoms with Crippen molar-refractivity contribution in [2.24, 2.45) is 0 Å². The number of hydrogen-bond donors (Lipinski definition) is 0. The van der Waals surface area contributed by atoms with Crippen molar-refractivity contribution >= 4 is 17.9 Å². The molecule has 0 saturated carbocycles. The van der Waals surface area contributed by atoms with Crippen LogP contribution in [0.5, 0.6) is 0 Å². The molecule has 0 amide bonds. The van der Waals surface area contributed by atoms with E-state index in [4.69, 9.17) is 14.2 Å². The average molecular weight is 777 g/mol. The van der Waals surface area contributed by atoms with Crippen molar-refractivity contribution in [1.29, 1.82) is 0 Å². The van der Waals surface area contributed by atoms with Gasteiger partial charge in [-0.25, -0.2) is 0 Å². The fourth-order valence-corrected chi connectivity index (χ4v) is 7.09. The molecule has 0 fully saturated rings. The predicted octanol–water partition coefficient (Wildman–Crippen LogP) is 15.4. The maximum absolute atomic E-state index is 12.6. The van der Waals surface area contributed by atoms with Crippen LogP contribution in [0.15, 0.2) is 12.2 Å². The molecular formula is C49H92O6. The third-order valence-electron chi connectivity index (χ3n) is 10.8. The van der Waals surface area contributed by atoms with Crippen LogP contribution in [0.4, 0.5) is 0 Å². The zero-order valence-electron chi connectivity index (χ0n) is 37.0. The highest BCUT2D eigenvalue weighted by molar-refractivity contribution is 5.71. The summed E-state index contributed by atoms with van der Waals surface area (Å²) in [6.45, 7) is 6.51. The van der Waals surface area contributed by atoms with Gasteiger partial charge in [0.1, 0.15) is 13.2 Å². The average Bonchev–Trinajstić information content (AvgIpc) is 3.18. The molecule has 0 bridgehead atoms. The minimum Gasteiger partial charge on any atom is -0.462 e. The van der Waals surface area contributed by atoms with Crippen LogP contribution in [-0.2, 0) is 28.6 Å². The first-order valence-electron chi connectivity index (χ1n) is 24.2. The van der Waals surface area contributed by atoms with Gasteiger partial charge in [0.05, 0.1) is 0 Å². The van der Waals surface area contributed by atoms with Crippen LogP contribution in [0, 0.1) is 0 Å². The molecule has 0 heterocycles. The summed E-state index contributed by atoms with van der Waals surface area (Å²) in [5, 5.41) is 0. The van der Waals surface area contributed by atoms with Gasteiger partial charge < -0.3 is 14.2 Å². The lowest BCUT2D eigenvalue weighted by atomic mass is 10.0. The molecule has 0 aliphatic heterocycles. The Morgan fingerprint density at radius 1 is 0.345 bits per heavy atom. The maximum Gasteiger partial charge on any atom is 0.306 e. The Bertz CT molecular complexity index is 854. The molecule has 1 atom stereocenters. The number of unbranched alkanes of at least 4 members (excludes halogenated alkanes) is 31. The lowest BCUT2D eigenvalue weighted by Crippen LogP contribution is -2.30. The van der Waals surface area contributed by atoms with Gasteiger partial charge in [-0.15, -0.1) is 0 Å². The number of rotatable bonds is 44. The summed E-state index contributed by atoms with van der Waals surface area (Å²) in [5.41, 5.74) is 0. The first-order chi connectivity index (χ1) is 27.0. The quantitative estimate of drug-likeness (QED) is 0.0265. The van der Waals surface area contributed by atoms with Gasteiger partial charge in [0.15, 0.2) is 6.10 Å². The van der Waals surface area contributed by atoms with E-state index in [1.54, 1.807) is 0 Å². The molecule has 0 saturated heterocycles. The molecule has 0 spiro atoms. The van der Waals surface area contributed by atoms with E-state index in [1.807, 2.05) is 0 Å². The smallest absolute Gasteiger partial charge is 0.306 e. The Hall–Kier alpha value is -1.85. The van der Waals surface area contributed by atoms with Crippen LogP contribution in [0.25, 0.3) is 0 Å². The highest BCUT2D eigenvalue weighted by Crippen LogP contribution is 2.16. The predicted molar refractivity (Wildman–Crippen MR) is 233 cm³/mol.